The van der Waals surface area contributed by atoms with Crippen molar-refractivity contribution in [1.82, 2.24) is 10.2 Å². The number of nitrogens with zero attached hydrogens (tertiary/aromatic N) is 2. The number of carbonyl (C=O) groups is 4. The van der Waals surface area contributed by atoms with Gasteiger partial charge in [0.15, 0.2) is 11.5 Å². The summed E-state index contributed by atoms with van der Waals surface area (Å²) in [4.78, 5) is 53.3. The number of imide groups is 2. The number of urea groups is 1. The van der Waals surface area contributed by atoms with E-state index in [9.17, 15) is 19.2 Å². The standard InChI is InChI=1S/C26H27N3O8/c1-5-35-20-9-7-6-8-19(20)29-25(32)18(24(31)27-26(29)33)13-17-16(10-11-28(3)15(2)30)12-21-23(22(17)34-4)37-14-36-21/h6-9,12-13H,5,10-11,14H2,1-4H3,(H,27,31,33). The quantitative estimate of drug-likeness (QED) is 0.425. The van der Waals surface area contributed by atoms with E-state index >= 15 is 0 Å². The summed E-state index contributed by atoms with van der Waals surface area (Å²) in [7, 11) is 3.10. The molecule has 0 atom stereocenters. The lowest BCUT2D eigenvalue weighted by atomic mass is 9.98. The Hall–Kier alpha value is -4.54. The molecule has 5 amide bonds. The molecule has 2 aromatic rings. The molecule has 2 aliphatic rings. The van der Waals surface area contributed by atoms with Gasteiger partial charge in [-0.15, -0.1) is 0 Å². The fourth-order valence-corrected chi connectivity index (χ4v) is 4.03. The van der Waals surface area contributed by atoms with Crippen molar-refractivity contribution < 1.29 is 38.1 Å². The van der Waals surface area contributed by atoms with Gasteiger partial charge in [0.05, 0.1) is 19.4 Å². The first kappa shape index (κ1) is 25.5. The van der Waals surface area contributed by atoms with Gasteiger partial charge < -0.3 is 23.8 Å². The third-order valence-corrected chi connectivity index (χ3v) is 6.00. The molecule has 37 heavy (non-hydrogen) atoms. The Morgan fingerprint density at radius 3 is 2.68 bits per heavy atom. The Kier molecular flexibility index (Phi) is 7.32. The van der Waals surface area contributed by atoms with Crippen molar-refractivity contribution in [2.24, 2.45) is 0 Å². The van der Waals surface area contributed by atoms with Crippen LogP contribution in [-0.2, 0) is 20.8 Å². The molecule has 0 bridgehead atoms. The molecule has 2 heterocycles. The number of para-hydroxylation sites is 2. The number of nitrogens with one attached hydrogen (secondary N) is 1. The van der Waals surface area contributed by atoms with E-state index in [2.05, 4.69) is 5.32 Å². The maximum atomic E-state index is 13.6. The van der Waals surface area contributed by atoms with Gasteiger partial charge in [0.2, 0.25) is 18.4 Å². The molecule has 0 aliphatic carbocycles. The summed E-state index contributed by atoms with van der Waals surface area (Å²) >= 11 is 0. The Morgan fingerprint density at radius 2 is 1.97 bits per heavy atom. The number of fused-ring (bicyclic) bond motifs is 1. The Bertz CT molecular complexity index is 1300. The summed E-state index contributed by atoms with van der Waals surface area (Å²) in [5, 5.41) is 2.23. The first-order chi connectivity index (χ1) is 17.8. The summed E-state index contributed by atoms with van der Waals surface area (Å²) in [6.45, 7) is 3.89. The number of hydrogen-bond acceptors (Lipinski definition) is 8. The Labute approximate surface area is 213 Å². The van der Waals surface area contributed by atoms with Crippen molar-refractivity contribution in [3.8, 4) is 23.0 Å². The van der Waals surface area contributed by atoms with Crippen LogP contribution >= 0.6 is 0 Å². The summed E-state index contributed by atoms with van der Waals surface area (Å²) < 4.78 is 22.3. The van der Waals surface area contributed by atoms with E-state index in [1.807, 2.05) is 0 Å². The van der Waals surface area contributed by atoms with Crippen molar-refractivity contribution in [2.75, 3.05) is 39.0 Å². The highest BCUT2D eigenvalue weighted by Crippen LogP contribution is 2.46. The van der Waals surface area contributed by atoms with Crippen LogP contribution in [0.25, 0.3) is 6.08 Å². The number of rotatable bonds is 8. The van der Waals surface area contributed by atoms with Gasteiger partial charge >= 0.3 is 6.03 Å². The predicted octanol–water partition coefficient (Wildman–Crippen LogP) is 2.51. The van der Waals surface area contributed by atoms with Gasteiger partial charge in [0, 0.05) is 26.1 Å². The molecule has 0 aromatic heterocycles. The van der Waals surface area contributed by atoms with E-state index in [1.54, 1.807) is 44.3 Å². The van der Waals surface area contributed by atoms with Crippen LogP contribution < -0.4 is 29.2 Å². The SMILES string of the molecule is CCOc1ccccc1N1C(=O)NC(=O)C(=Cc2c(CCN(C)C(C)=O)cc3c(c2OC)OCO3)C1=O. The number of amides is 5. The molecule has 11 nitrogen and oxygen atoms in total. The van der Waals surface area contributed by atoms with E-state index in [4.69, 9.17) is 18.9 Å². The number of anilines is 1. The highest BCUT2D eigenvalue weighted by molar-refractivity contribution is 6.39. The average Bonchev–Trinajstić information content (AvgIpc) is 3.33. The molecule has 11 heteroatoms. The Morgan fingerprint density at radius 1 is 1.22 bits per heavy atom. The van der Waals surface area contributed by atoms with Crippen molar-refractivity contribution in [2.45, 2.75) is 20.3 Å². The number of barbiturate groups is 1. The minimum absolute atomic E-state index is 0.0194. The number of methoxy groups -OCH3 is 1. The summed E-state index contributed by atoms with van der Waals surface area (Å²) in [6.07, 6.45) is 1.73. The Balaban J connectivity index is 1.82. The first-order valence-corrected chi connectivity index (χ1v) is 11.6. The van der Waals surface area contributed by atoms with Crippen molar-refractivity contribution in [1.29, 1.82) is 0 Å². The lowest BCUT2D eigenvalue weighted by Crippen LogP contribution is -2.54. The van der Waals surface area contributed by atoms with E-state index in [0.717, 1.165) is 4.90 Å². The van der Waals surface area contributed by atoms with Crippen LogP contribution in [0.15, 0.2) is 35.9 Å². The van der Waals surface area contributed by atoms with Crippen LogP contribution in [0.1, 0.15) is 25.0 Å². The monoisotopic (exact) mass is 509 g/mol. The number of hydrogen-bond donors (Lipinski definition) is 1. The van der Waals surface area contributed by atoms with Crippen LogP contribution in [0.4, 0.5) is 10.5 Å². The van der Waals surface area contributed by atoms with Crippen molar-refractivity contribution >= 4 is 35.5 Å². The molecule has 0 spiro atoms. The second-order valence-corrected chi connectivity index (χ2v) is 8.27. The number of carbonyl (C=O) groups excluding carboxylic acids is 4. The molecule has 0 saturated carbocycles. The molecule has 1 fully saturated rings. The molecule has 1 N–H and O–H groups in total. The number of ether oxygens (including phenoxy) is 4. The van der Waals surface area contributed by atoms with E-state index in [1.165, 1.54) is 25.0 Å². The summed E-state index contributed by atoms with van der Waals surface area (Å²) in [6, 6.07) is 7.39. The van der Waals surface area contributed by atoms with Gasteiger partial charge in [0.1, 0.15) is 11.3 Å². The average molecular weight is 510 g/mol. The molecule has 194 valence electrons. The second-order valence-electron chi connectivity index (χ2n) is 8.27. The molecular formula is C26H27N3O8. The summed E-state index contributed by atoms with van der Waals surface area (Å²) in [5.74, 6) is -0.439. The van der Waals surface area contributed by atoms with Crippen LogP contribution in [0, 0.1) is 0 Å². The lowest BCUT2D eigenvalue weighted by molar-refractivity contribution is -0.127. The largest absolute Gasteiger partial charge is 0.492 e. The molecule has 0 radical (unpaired) electrons. The first-order valence-electron chi connectivity index (χ1n) is 11.6. The van der Waals surface area contributed by atoms with Gasteiger partial charge in [-0.05, 0) is 43.2 Å². The molecule has 0 unspecified atom stereocenters. The minimum Gasteiger partial charge on any atom is -0.492 e. The highest BCUT2D eigenvalue weighted by atomic mass is 16.7. The van der Waals surface area contributed by atoms with Gasteiger partial charge in [0.25, 0.3) is 11.8 Å². The molecule has 4 rings (SSSR count). The minimum atomic E-state index is -0.889. The normalized spacial score (nSPS) is 15.6. The summed E-state index contributed by atoms with van der Waals surface area (Å²) in [5.41, 5.74) is 0.963. The molecule has 2 aliphatic heterocycles. The second kappa shape index (κ2) is 10.6. The smallest absolute Gasteiger partial charge is 0.336 e. The fraction of sp³-hybridized carbons (Fsp3) is 0.308. The van der Waals surface area contributed by atoms with Gasteiger partial charge in [-0.2, -0.15) is 0 Å². The molecular weight excluding hydrogens is 482 g/mol. The fourth-order valence-electron chi connectivity index (χ4n) is 4.03. The van der Waals surface area contributed by atoms with Gasteiger partial charge in [-0.25, -0.2) is 9.69 Å². The third kappa shape index (κ3) is 4.92. The third-order valence-electron chi connectivity index (χ3n) is 6.00. The maximum Gasteiger partial charge on any atom is 0.336 e. The van der Waals surface area contributed by atoms with Crippen LogP contribution in [-0.4, -0.2) is 62.8 Å². The lowest BCUT2D eigenvalue weighted by Gasteiger charge is -2.28. The van der Waals surface area contributed by atoms with E-state index < -0.39 is 17.8 Å². The zero-order valence-corrected chi connectivity index (χ0v) is 21.0. The van der Waals surface area contributed by atoms with Crippen molar-refractivity contribution in [3.05, 3.63) is 47.0 Å². The predicted molar refractivity (Wildman–Crippen MR) is 133 cm³/mol. The van der Waals surface area contributed by atoms with E-state index in [0.29, 0.717) is 47.9 Å². The van der Waals surface area contributed by atoms with Gasteiger partial charge in [-0.3, -0.25) is 19.7 Å². The van der Waals surface area contributed by atoms with E-state index in [-0.39, 0.29) is 29.7 Å². The van der Waals surface area contributed by atoms with Gasteiger partial charge in [-0.1, -0.05) is 12.1 Å². The zero-order valence-electron chi connectivity index (χ0n) is 21.0. The molecule has 2 aromatic carbocycles. The van der Waals surface area contributed by atoms with Crippen LogP contribution in [0.2, 0.25) is 0 Å². The number of likely N-dealkylation sites (N-methyl/N-ethyl adjacent to an activating group) is 1. The molecule has 1 saturated heterocycles. The topological polar surface area (TPSA) is 124 Å². The van der Waals surface area contributed by atoms with Crippen LogP contribution in [0.3, 0.4) is 0 Å². The van der Waals surface area contributed by atoms with Crippen LogP contribution in [0.5, 0.6) is 23.0 Å². The zero-order chi connectivity index (χ0) is 26.7. The maximum absolute atomic E-state index is 13.6. The number of benzene rings is 2. The highest BCUT2D eigenvalue weighted by Gasteiger charge is 2.39. The van der Waals surface area contributed by atoms with Crippen molar-refractivity contribution in [3.63, 3.8) is 0 Å².